The maximum absolute atomic E-state index is 11.8. The molecule has 2 unspecified atom stereocenters. The number of aliphatic hydroxyl groups excluding tert-OH is 1. The predicted octanol–water partition coefficient (Wildman–Crippen LogP) is -0.825. The molecule has 1 aliphatic heterocycles. The summed E-state index contributed by atoms with van der Waals surface area (Å²) in [6, 6.07) is -0.319. The number of nitrogens with zero attached hydrogens (tertiary/aromatic N) is 1. The maximum atomic E-state index is 11.8. The number of β-amino-alcohol motifs (C(OH)–C–C–N with tert-alkyl or cyclic N) is 1. The predicted molar refractivity (Wildman–Crippen MR) is 59.4 cm³/mol. The van der Waals surface area contributed by atoms with Gasteiger partial charge < -0.3 is 20.4 Å². The number of hydrogen-bond donors (Lipinski definition) is 3. The number of aliphatic carboxylic acids is 1. The average Bonchev–Trinajstić information content (AvgIpc) is 2.99. The molecule has 2 atom stereocenters. The van der Waals surface area contributed by atoms with E-state index in [4.69, 9.17) is 5.11 Å². The molecular weight excluding hydrogens is 224 g/mol. The molecule has 6 heteroatoms. The zero-order valence-corrected chi connectivity index (χ0v) is 9.63. The average molecular weight is 242 g/mol. The van der Waals surface area contributed by atoms with Crippen LogP contribution in [-0.2, 0) is 9.59 Å². The van der Waals surface area contributed by atoms with Crippen LogP contribution < -0.4 is 5.32 Å². The number of hydrogen-bond acceptors (Lipinski definition) is 4. The largest absolute Gasteiger partial charge is 0.480 e. The second-order valence-corrected chi connectivity index (χ2v) is 4.77. The summed E-state index contributed by atoms with van der Waals surface area (Å²) in [6.45, 7) is 0.724. The van der Waals surface area contributed by atoms with Crippen molar-refractivity contribution in [2.75, 3.05) is 13.1 Å². The van der Waals surface area contributed by atoms with Crippen molar-refractivity contribution in [3.63, 3.8) is 0 Å². The molecule has 2 rings (SSSR count). The van der Waals surface area contributed by atoms with Crippen molar-refractivity contribution in [1.82, 2.24) is 10.2 Å². The summed E-state index contributed by atoms with van der Waals surface area (Å²) in [6.07, 6.45) is 2.05. The Labute approximate surface area is 99.6 Å². The van der Waals surface area contributed by atoms with Gasteiger partial charge in [0.15, 0.2) is 0 Å². The number of nitrogens with one attached hydrogen (secondary N) is 1. The number of carbonyl (C=O) groups excluding carboxylic acids is 1. The van der Waals surface area contributed by atoms with E-state index in [1.807, 2.05) is 0 Å². The zero-order chi connectivity index (χ0) is 12.4. The summed E-state index contributed by atoms with van der Waals surface area (Å²) >= 11 is 0. The van der Waals surface area contributed by atoms with E-state index in [2.05, 4.69) is 5.32 Å². The molecule has 0 bridgehead atoms. The minimum atomic E-state index is -1.04. The standard InChI is InChI=1S/C11H18N2O4/c14-8-5-9(11(16)17)13(6-8)10(15)3-4-12-7-1-2-7/h7-9,12,14H,1-6H2,(H,16,17). The molecule has 2 fully saturated rings. The summed E-state index contributed by atoms with van der Waals surface area (Å²) < 4.78 is 0. The van der Waals surface area contributed by atoms with Crippen LogP contribution in [0.25, 0.3) is 0 Å². The van der Waals surface area contributed by atoms with Crippen LogP contribution in [-0.4, -0.2) is 58.3 Å². The highest BCUT2D eigenvalue weighted by molar-refractivity contribution is 5.84. The molecule has 1 saturated heterocycles. The summed E-state index contributed by atoms with van der Waals surface area (Å²) in [5.41, 5.74) is 0. The van der Waals surface area contributed by atoms with E-state index < -0.39 is 18.1 Å². The van der Waals surface area contributed by atoms with Gasteiger partial charge in [0.25, 0.3) is 0 Å². The normalized spacial score (nSPS) is 28.4. The van der Waals surface area contributed by atoms with Crippen molar-refractivity contribution in [1.29, 1.82) is 0 Å². The third kappa shape index (κ3) is 3.17. The highest BCUT2D eigenvalue weighted by Crippen LogP contribution is 2.20. The molecule has 3 N–H and O–H groups in total. The van der Waals surface area contributed by atoms with E-state index in [1.54, 1.807) is 0 Å². The van der Waals surface area contributed by atoms with Crippen molar-refractivity contribution in [3.05, 3.63) is 0 Å². The Kier molecular flexibility index (Phi) is 3.63. The van der Waals surface area contributed by atoms with Crippen molar-refractivity contribution in [3.8, 4) is 0 Å². The van der Waals surface area contributed by atoms with E-state index in [1.165, 1.54) is 4.90 Å². The van der Waals surface area contributed by atoms with E-state index in [-0.39, 0.29) is 18.9 Å². The van der Waals surface area contributed by atoms with E-state index in [0.717, 1.165) is 12.8 Å². The Morgan fingerprint density at radius 2 is 2.06 bits per heavy atom. The topological polar surface area (TPSA) is 89.9 Å². The first-order valence-electron chi connectivity index (χ1n) is 6.01. The first-order chi connectivity index (χ1) is 8.08. The molecule has 0 aromatic heterocycles. The van der Waals surface area contributed by atoms with Crippen LogP contribution in [0.2, 0.25) is 0 Å². The lowest BCUT2D eigenvalue weighted by Crippen LogP contribution is -2.41. The first-order valence-corrected chi connectivity index (χ1v) is 6.01. The lowest BCUT2D eigenvalue weighted by atomic mass is 10.2. The SMILES string of the molecule is O=C(O)C1CC(O)CN1C(=O)CCNC1CC1. The van der Waals surface area contributed by atoms with Gasteiger partial charge in [-0.25, -0.2) is 4.79 Å². The van der Waals surface area contributed by atoms with Crippen LogP contribution >= 0.6 is 0 Å². The molecule has 1 saturated carbocycles. The monoisotopic (exact) mass is 242 g/mol. The van der Waals surface area contributed by atoms with Crippen LogP contribution in [0.4, 0.5) is 0 Å². The molecular formula is C11H18N2O4. The Morgan fingerprint density at radius 1 is 1.35 bits per heavy atom. The van der Waals surface area contributed by atoms with Crippen molar-refractivity contribution in [2.45, 2.75) is 43.9 Å². The highest BCUT2D eigenvalue weighted by atomic mass is 16.4. The quantitative estimate of drug-likeness (QED) is 0.586. The van der Waals surface area contributed by atoms with E-state index in [0.29, 0.717) is 19.0 Å². The fourth-order valence-corrected chi connectivity index (χ4v) is 2.14. The number of aliphatic hydroxyl groups is 1. The van der Waals surface area contributed by atoms with Gasteiger partial charge in [0.05, 0.1) is 6.10 Å². The number of rotatable bonds is 5. The Hall–Kier alpha value is -1.14. The van der Waals surface area contributed by atoms with Gasteiger partial charge in [-0.3, -0.25) is 4.79 Å². The second-order valence-electron chi connectivity index (χ2n) is 4.77. The van der Waals surface area contributed by atoms with Crippen molar-refractivity contribution >= 4 is 11.9 Å². The van der Waals surface area contributed by atoms with Gasteiger partial charge >= 0.3 is 5.97 Å². The maximum Gasteiger partial charge on any atom is 0.326 e. The zero-order valence-electron chi connectivity index (χ0n) is 9.63. The molecule has 17 heavy (non-hydrogen) atoms. The molecule has 1 aliphatic carbocycles. The van der Waals surface area contributed by atoms with Gasteiger partial charge in [0.2, 0.25) is 5.91 Å². The molecule has 2 aliphatic rings. The number of carbonyl (C=O) groups is 2. The summed E-state index contributed by atoms with van der Waals surface area (Å²) in [4.78, 5) is 24.0. The van der Waals surface area contributed by atoms with Gasteiger partial charge in [-0.2, -0.15) is 0 Å². The van der Waals surface area contributed by atoms with Crippen LogP contribution in [0.3, 0.4) is 0 Å². The molecule has 96 valence electrons. The van der Waals surface area contributed by atoms with Crippen molar-refractivity contribution < 1.29 is 19.8 Å². The van der Waals surface area contributed by atoms with Gasteiger partial charge in [-0.05, 0) is 12.8 Å². The van der Waals surface area contributed by atoms with E-state index in [9.17, 15) is 14.7 Å². The smallest absolute Gasteiger partial charge is 0.326 e. The van der Waals surface area contributed by atoms with Crippen LogP contribution in [0, 0.1) is 0 Å². The third-order valence-corrected chi connectivity index (χ3v) is 3.23. The molecule has 1 heterocycles. The number of amides is 1. The Balaban J connectivity index is 1.81. The fraction of sp³-hybridized carbons (Fsp3) is 0.818. The van der Waals surface area contributed by atoms with Gasteiger partial charge in [0, 0.05) is 32.0 Å². The molecule has 0 spiro atoms. The van der Waals surface area contributed by atoms with Crippen LogP contribution in [0.1, 0.15) is 25.7 Å². The highest BCUT2D eigenvalue weighted by Gasteiger charge is 2.38. The van der Waals surface area contributed by atoms with Gasteiger partial charge in [-0.1, -0.05) is 0 Å². The summed E-state index contributed by atoms with van der Waals surface area (Å²) in [7, 11) is 0. The first kappa shape index (κ1) is 12.3. The Bertz CT molecular complexity index is 317. The second kappa shape index (κ2) is 5.01. The molecule has 1 amide bonds. The third-order valence-electron chi connectivity index (χ3n) is 3.23. The molecule has 6 nitrogen and oxygen atoms in total. The Morgan fingerprint density at radius 3 is 2.65 bits per heavy atom. The summed E-state index contributed by atoms with van der Waals surface area (Å²) in [5.74, 6) is -1.23. The van der Waals surface area contributed by atoms with E-state index >= 15 is 0 Å². The lowest BCUT2D eigenvalue weighted by molar-refractivity contribution is -0.148. The van der Waals surface area contributed by atoms with Crippen molar-refractivity contribution in [2.24, 2.45) is 0 Å². The van der Waals surface area contributed by atoms with Crippen LogP contribution in [0.5, 0.6) is 0 Å². The number of carboxylic acids is 1. The number of likely N-dealkylation sites (tertiary alicyclic amines) is 1. The molecule has 0 aromatic carbocycles. The summed E-state index contributed by atoms with van der Waals surface area (Å²) in [5, 5.41) is 21.6. The minimum absolute atomic E-state index is 0.136. The fourth-order valence-electron chi connectivity index (χ4n) is 2.14. The number of carboxylic acid groups (broad SMARTS) is 1. The van der Waals surface area contributed by atoms with Crippen LogP contribution in [0.15, 0.2) is 0 Å². The molecule has 0 aromatic rings. The van der Waals surface area contributed by atoms with Gasteiger partial charge in [-0.15, -0.1) is 0 Å². The molecule has 0 radical (unpaired) electrons. The van der Waals surface area contributed by atoms with Gasteiger partial charge in [0.1, 0.15) is 6.04 Å². The minimum Gasteiger partial charge on any atom is -0.480 e. The lowest BCUT2D eigenvalue weighted by Gasteiger charge is -2.21.